The fourth-order valence-electron chi connectivity index (χ4n) is 2.82. The van der Waals surface area contributed by atoms with Crippen molar-refractivity contribution in [3.63, 3.8) is 0 Å². The van der Waals surface area contributed by atoms with Gasteiger partial charge in [-0.3, -0.25) is 4.79 Å². The van der Waals surface area contributed by atoms with Gasteiger partial charge in [0.25, 0.3) is 0 Å². The normalized spacial score (nSPS) is 21.8. The second-order valence-corrected chi connectivity index (χ2v) is 6.01. The van der Waals surface area contributed by atoms with Crippen LogP contribution < -0.4 is 5.32 Å². The Morgan fingerprint density at radius 3 is 2.15 bits per heavy atom. The maximum atomic E-state index is 13.3. The van der Waals surface area contributed by atoms with Gasteiger partial charge in [-0.05, 0) is 25.2 Å². The summed E-state index contributed by atoms with van der Waals surface area (Å²) in [5.41, 5.74) is -2.27. The van der Waals surface area contributed by atoms with Crippen LogP contribution in [0, 0.1) is 11.3 Å². The highest BCUT2D eigenvalue weighted by Gasteiger charge is 2.61. The molecule has 0 spiro atoms. The molecule has 3 nitrogen and oxygen atoms in total. The minimum atomic E-state index is -4.53. The molecule has 118 valence electrons. The summed E-state index contributed by atoms with van der Waals surface area (Å²) in [5, 5.41) is 12.4. The van der Waals surface area contributed by atoms with Gasteiger partial charge in [-0.25, -0.2) is 0 Å². The molecule has 6 heteroatoms. The standard InChI is InChI=1S/C14H24F3NO2/c1-4-10(11(19)9(2)3)18-12(20)13(14(15,16)17)7-5-6-8-13/h9-11,19H,4-8H2,1-3H3,(H,18,20). The molecule has 2 N–H and O–H groups in total. The SMILES string of the molecule is CCC(NC(=O)C1(C(F)(F)F)CCCC1)C(O)C(C)C. The van der Waals surface area contributed by atoms with E-state index in [4.69, 9.17) is 0 Å². The van der Waals surface area contributed by atoms with Crippen molar-refractivity contribution in [2.24, 2.45) is 11.3 Å². The Morgan fingerprint density at radius 1 is 1.30 bits per heavy atom. The van der Waals surface area contributed by atoms with Crippen LogP contribution in [0.25, 0.3) is 0 Å². The van der Waals surface area contributed by atoms with Gasteiger partial charge in [0.2, 0.25) is 5.91 Å². The smallest absolute Gasteiger partial charge is 0.391 e. The lowest BCUT2D eigenvalue weighted by Gasteiger charge is -2.34. The summed E-state index contributed by atoms with van der Waals surface area (Å²) in [6, 6.07) is -0.637. The minimum absolute atomic E-state index is 0.120. The molecular formula is C14H24F3NO2. The highest BCUT2D eigenvalue weighted by Crippen LogP contribution is 2.50. The molecule has 1 saturated carbocycles. The molecule has 1 amide bonds. The molecule has 1 aliphatic carbocycles. The first-order valence-electron chi connectivity index (χ1n) is 7.21. The predicted octanol–water partition coefficient (Wildman–Crippen LogP) is 3.02. The van der Waals surface area contributed by atoms with E-state index in [1.54, 1.807) is 20.8 Å². The summed E-state index contributed by atoms with van der Waals surface area (Å²) < 4.78 is 39.8. The highest BCUT2D eigenvalue weighted by molar-refractivity contribution is 5.84. The number of amides is 1. The van der Waals surface area contributed by atoms with Crippen LogP contribution >= 0.6 is 0 Å². The van der Waals surface area contributed by atoms with Crippen LogP contribution in [0.1, 0.15) is 52.9 Å². The van der Waals surface area contributed by atoms with Gasteiger partial charge >= 0.3 is 6.18 Å². The number of aliphatic hydroxyl groups excluding tert-OH is 1. The van der Waals surface area contributed by atoms with Gasteiger partial charge in [-0.1, -0.05) is 33.6 Å². The summed E-state index contributed by atoms with van der Waals surface area (Å²) in [7, 11) is 0. The van der Waals surface area contributed by atoms with Crippen LogP contribution in [0.2, 0.25) is 0 Å². The first-order chi connectivity index (χ1) is 9.15. The molecule has 20 heavy (non-hydrogen) atoms. The second kappa shape index (κ2) is 6.33. The molecule has 0 radical (unpaired) electrons. The van der Waals surface area contributed by atoms with E-state index < -0.39 is 29.6 Å². The number of hydrogen-bond donors (Lipinski definition) is 2. The van der Waals surface area contributed by atoms with Gasteiger partial charge in [0.1, 0.15) is 5.41 Å². The van der Waals surface area contributed by atoms with Gasteiger partial charge in [0.05, 0.1) is 12.1 Å². The monoisotopic (exact) mass is 295 g/mol. The minimum Gasteiger partial charge on any atom is -0.391 e. The number of carbonyl (C=O) groups excluding carboxylic acids is 1. The van der Waals surface area contributed by atoms with E-state index in [2.05, 4.69) is 5.32 Å². The molecule has 0 bridgehead atoms. The molecule has 1 aliphatic rings. The Labute approximate surface area is 117 Å². The molecule has 0 heterocycles. The molecule has 0 aliphatic heterocycles. The average molecular weight is 295 g/mol. The van der Waals surface area contributed by atoms with Crippen molar-refractivity contribution in [2.75, 3.05) is 0 Å². The number of aliphatic hydroxyl groups is 1. The first-order valence-corrected chi connectivity index (χ1v) is 7.21. The molecule has 0 saturated heterocycles. The maximum absolute atomic E-state index is 13.3. The lowest BCUT2D eigenvalue weighted by Crippen LogP contribution is -2.54. The Balaban J connectivity index is 2.87. The van der Waals surface area contributed by atoms with Gasteiger partial charge in [0, 0.05) is 0 Å². The quantitative estimate of drug-likeness (QED) is 0.819. The molecule has 0 aromatic carbocycles. The Kier molecular flexibility index (Phi) is 5.46. The zero-order chi connectivity index (χ0) is 15.6. The topological polar surface area (TPSA) is 49.3 Å². The second-order valence-electron chi connectivity index (χ2n) is 6.01. The highest BCUT2D eigenvalue weighted by atomic mass is 19.4. The van der Waals surface area contributed by atoms with Crippen LogP contribution in [-0.4, -0.2) is 29.3 Å². The van der Waals surface area contributed by atoms with Crippen molar-refractivity contribution in [2.45, 2.75) is 71.2 Å². The molecule has 2 atom stereocenters. The molecular weight excluding hydrogens is 271 g/mol. The zero-order valence-corrected chi connectivity index (χ0v) is 12.3. The van der Waals surface area contributed by atoms with Crippen molar-refractivity contribution in [1.82, 2.24) is 5.32 Å². The third kappa shape index (κ3) is 3.27. The van der Waals surface area contributed by atoms with Crippen LogP contribution in [0.4, 0.5) is 13.2 Å². The average Bonchev–Trinajstić information content (AvgIpc) is 2.84. The largest absolute Gasteiger partial charge is 0.403 e. The summed E-state index contributed by atoms with van der Waals surface area (Å²) >= 11 is 0. The van der Waals surface area contributed by atoms with E-state index in [-0.39, 0.29) is 18.8 Å². The van der Waals surface area contributed by atoms with E-state index in [1.165, 1.54) is 0 Å². The van der Waals surface area contributed by atoms with Crippen LogP contribution in [0.15, 0.2) is 0 Å². The summed E-state index contributed by atoms with van der Waals surface area (Å²) in [4.78, 5) is 12.2. The van der Waals surface area contributed by atoms with Crippen LogP contribution in [-0.2, 0) is 4.79 Å². The van der Waals surface area contributed by atoms with Crippen molar-refractivity contribution < 1.29 is 23.1 Å². The summed E-state index contributed by atoms with van der Waals surface area (Å²) in [6.07, 6.45) is -4.45. The van der Waals surface area contributed by atoms with Crippen molar-refractivity contribution in [1.29, 1.82) is 0 Å². The molecule has 2 unspecified atom stereocenters. The summed E-state index contributed by atoms with van der Waals surface area (Å²) in [5.74, 6) is -1.10. The van der Waals surface area contributed by atoms with E-state index >= 15 is 0 Å². The Bertz CT molecular complexity index is 336. The Morgan fingerprint density at radius 2 is 1.80 bits per heavy atom. The molecule has 0 aromatic rings. The van der Waals surface area contributed by atoms with Crippen LogP contribution in [0.5, 0.6) is 0 Å². The fraction of sp³-hybridized carbons (Fsp3) is 0.929. The van der Waals surface area contributed by atoms with Gasteiger partial charge in [-0.15, -0.1) is 0 Å². The van der Waals surface area contributed by atoms with E-state index in [0.717, 1.165) is 0 Å². The lowest BCUT2D eigenvalue weighted by molar-refractivity contribution is -0.220. The van der Waals surface area contributed by atoms with Gasteiger partial charge < -0.3 is 10.4 Å². The van der Waals surface area contributed by atoms with Crippen molar-refractivity contribution in [3.8, 4) is 0 Å². The maximum Gasteiger partial charge on any atom is 0.403 e. The fourth-order valence-corrected chi connectivity index (χ4v) is 2.82. The zero-order valence-electron chi connectivity index (χ0n) is 12.3. The van der Waals surface area contributed by atoms with Crippen LogP contribution in [0.3, 0.4) is 0 Å². The van der Waals surface area contributed by atoms with E-state index in [1.807, 2.05) is 0 Å². The third-order valence-electron chi connectivity index (χ3n) is 4.29. The molecule has 1 fully saturated rings. The van der Waals surface area contributed by atoms with E-state index in [0.29, 0.717) is 19.3 Å². The number of halogens is 3. The number of carbonyl (C=O) groups is 1. The first kappa shape index (κ1) is 17.3. The molecule has 0 aromatic heterocycles. The summed E-state index contributed by atoms with van der Waals surface area (Å²) in [6.45, 7) is 5.29. The third-order valence-corrected chi connectivity index (χ3v) is 4.29. The van der Waals surface area contributed by atoms with Gasteiger partial charge in [-0.2, -0.15) is 13.2 Å². The number of hydrogen-bond acceptors (Lipinski definition) is 2. The number of rotatable bonds is 5. The van der Waals surface area contributed by atoms with Crippen molar-refractivity contribution in [3.05, 3.63) is 0 Å². The predicted molar refractivity (Wildman–Crippen MR) is 70.0 cm³/mol. The van der Waals surface area contributed by atoms with Crippen molar-refractivity contribution >= 4 is 5.91 Å². The number of alkyl halides is 3. The van der Waals surface area contributed by atoms with E-state index in [9.17, 15) is 23.1 Å². The molecule has 1 rings (SSSR count). The lowest BCUT2D eigenvalue weighted by atomic mass is 9.83. The van der Waals surface area contributed by atoms with Gasteiger partial charge in [0.15, 0.2) is 0 Å². The Hall–Kier alpha value is -0.780. The number of nitrogens with one attached hydrogen (secondary N) is 1.